The third kappa shape index (κ3) is 3.04. The highest BCUT2D eigenvalue weighted by Gasteiger charge is 2.20. The summed E-state index contributed by atoms with van der Waals surface area (Å²) in [6.07, 6.45) is 1.88. The van der Waals surface area contributed by atoms with Crippen molar-refractivity contribution < 1.29 is 9.21 Å². The lowest BCUT2D eigenvalue weighted by Crippen LogP contribution is -2.03. The number of aromatic nitrogens is 1. The molecule has 4 rings (SSSR count). The van der Waals surface area contributed by atoms with Crippen LogP contribution in [-0.2, 0) is 0 Å². The third-order valence-corrected chi connectivity index (χ3v) is 4.95. The monoisotopic (exact) mass is 345 g/mol. The average molecular weight is 345 g/mol. The molecule has 4 heteroatoms. The summed E-state index contributed by atoms with van der Waals surface area (Å²) in [5, 5.41) is 2.01. The molecule has 2 aromatic carbocycles. The highest BCUT2D eigenvalue weighted by Crippen LogP contribution is 2.28. The lowest BCUT2D eigenvalue weighted by molar-refractivity contribution is 0.105. The lowest BCUT2D eigenvalue weighted by Gasteiger charge is -2.03. The first-order chi connectivity index (χ1) is 12.2. The minimum atomic E-state index is -0.0973. The second-order valence-corrected chi connectivity index (χ2v) is 6.66. The topological polar surface area (TPSA) is 43.1 Å². The Kier molecular flexibility index (Phi) is 4.04. The van der Waals surface area contributed by atoms with Crippen LogP contribution in [0.4, 0.5) is 0 Å². The summed E-state index contributed by atoms with van der Waals surface area (Å²) < 4.78 is 5.87. The highest BCUT2D eigenvalue weighted by atomic mass is 32.1. The van der Waals surface area contributed by atoms with Crippen molar-refractivity contribution in [3.63, 3.8) is 0 Å². The Hall–Kier alpha value is -2.98. The number of nitrogens with zero attached hydrogens (tertiary/aromatic N) is 1. The molecule has 25 heavy (non-hydrogen) atoms. The van der Waals surface area contributed by atoms with E-state index in [4.69, 9.17) is 4.42 Å². The van der Waals surface area contributed by atoms with Gasteiger partial charge in [-0.1, -0.05) is 42.5 Å². The summed E-state index contributed by atoms with van der Waals surface area (Å²) in [5.74, 6) is 0.253. The fourth-order valence-electron chi connectivity index (χ4n) is 2.62. The molecule has 0 unspecified atom stereocenters. The first kappa shape index (κ1) is 15.5. The van der Waals surface area contributed by atoms with E-state index in [1.807, 2.05) is 66.9 Å². The minimum absolute atomic E-state index is 0.0973. The third-order valence-electron chi connectivity index (χ3n) is 3.98. The van der Waals surface area contributed by atoms with Crippen molar-refractivity contribution in [1.82, 2.24) is 4.98 Å². The number of fused-ring (bicyclic) bond motifs is 1. The quantitative estimate of drug-likeness (QED) is 0.356. The van der Waals surface area contributed by atoms with Crippen LogP contribution in [0, 0.1) is 6.92 Å². The van der Waals surface area contributed by atoms with Gasteiger partial charge in [0.2, 0.25) is 5.89 Å². The lowest BCUT2D eigenvalue weighted by atomic mass is 10.0. The van der Waals surface area contributed by atoms with Gasteiger partial charge in [-0.2, -0.15) is 0 Å². The number of rotatable bonds is 4. The standard InChI is InChI=1S/C21H15NO2S/c1-14-11-12-25-19(14)13-16(20(23)15-7-3-2-4-8-15)21-22-17-9-5-6-10-18(17)24-21/h2-13H,1H3/b16-13+. The van der Waals surface area contributed by atoms with Gasteiger partial charge in [0.15, 0.2) is 11.4 Å². The van der Waals surface area contributed by atoms with Gasteiger partial charge in [-0.15, -0.1) is 11.3 Å². The van der Waals surface area contributed by atoms with Crippen molar-refractivity contribution in [3.05, 3.63) is 87.9 Å². The van der Waals surface area contributed by atoms with Gasteiger partial charge in [0.1, 0.15) is 5.52 Å². The molecule has 2 aromatic heterocycles. The van der Waals surface area contributed by atoms with E-state index in [-0.39, 0.29) is 5.78 Å². The molecule has 0 saturated heterocycles. The van der Waals surface area contributed by atoms with Gasteiger partial charge < -0.3 is 4.42 Å². The van der Waals surface area contributed by atoms with Crippen molar-refractivity contribution in [3.8, 4) is 0 Å². The molecular formula is C21H15NO2S. The summed E-state index contributed by atoms with van der Waals surface area (Å²) in [6, 6.07) is 18.8. The molecule has 0 aliphatic carbocycles. The van der Waals surface area contributed by atoms with E-state index >= 15 is 0 Å². The van der Waals surface area contributed by atoms with Crippen LogP contribution in [0.1, 0.15) is 26.7 Å². The molecular weight excluding hydrogens is 330 g/mol. The normalized spacial score (nSPS) is 11.8. The van der Waals surface area contributed by atoms with Crippen LogP contribution in [0.5, 0.6) is 0 Å². The Morgan fingerprint density at radius 3 is 2.52 bits per heavy atom. The Bertz CT molecular complexity index is 1040. The number of hydrogen-bond acceptors (Lipinski definition) is 4. The number of hydrogen-bond donors (Lipinski definition) is 0. The summed E-state index contributed by atoms with van der Waals surface area (Å²) >= 11 is 1.59. The zero-order chi connectivity index (χ0) is 17.2. The summed E-state index contributed by atoms with van der Waals surface area (Å²) in [7, 11) is 0. The first-order valence-corrected chi connectivity index (χ1v) is 8.82. The maximum Gasteiger partial charge on any atom is 0.231 e. The zero-order valence-corrected chi connectivity index (χ0v) is 14.4. The van der Waals surface area contributed by atoms with Crippen LogP contribution in [0.25, 0.3) is 22.7 Å². The number of benzene rings is 2. The SMILES string of the molecule is Cc1ccsc1/C=C(\C(=O)c1ccccc1)c1nc2ccccc2o1. The second-order valence-electron chi connectivity index (χ2n) is 5.71. The summed E-state index contributed by atoms with van der Waals surface area (Å²) in [5.41, 5.74) is 3.62. The number of aryl methyl sites for hydroxylation is 1. The molecule has 0 bridgehead atoms. The number of allylic oxidation sites excluding steroid dienone is 1. The molecule has 0 atom stereocenters. The number of carbonyl (C=O) groups is 1. The molecule has 0 N–H and O–H groups in total. The van der Waals surface area contributed by atoms with E-state index < -0.39 is 0 Å². The van der Waals surface area contributed by atoms with Gasteiger partial charge in [-0.3, -0.25) is 4.79 Å². The minimum Gasteiger partial charge on any atom is -0.436 e. The van der Waals surface area contributed by atoms with Crippen molar-refractivity contribution in [2.24, 2.45) is 0 Å². The van der Waals surface area contributed by atoms with Crippen molar-refractivity contribution in [2.75, 3.05) is 0 Å². The van der Waals surface area contributed by atoms with Gasteiger partial charge in [0.25, 0.3) is 0 Å². The van der Waals surface area contributed by atoms with Gasteiger partial charge in [0, 0.05) is 10.4 Å². The number of ketones is 1. The van der Waals surface area contributed by atoms with Gasteiger partial charge in [0.05, 0.1) is 5.57 Å². The van der Waals surface area contributed by atoms with E-state index in [1.54, 1.807) is 23.5 Å². The van der Waals surface area contributed by atoms with Crippen molar-refractivity contribution in [1.29, 1.82) is 0 Å². The summed E-state index contributed by atoms with van der Waals surface area (Å²) in [4.78, 5) is 18.6. The largest absolute Gasteiger partial charge is 0.436 e. The van der Waals surface area contributed by atoms with E-state index in [0.29, 0.717) is 22.6 Å². The molecule has 0 amide bonds. The molecule has 0 radical (unpaired) electrons. The predicted molar refractivity (Wildman–Crippen MR) is 102 cm³/mol. The van der Waals surface area contributed by atoms with Crippen molar-refractivity contribution in [2.45, 2.75) is 6.92 Å². The van der Waals surface area contributed by atoms with Crippen LogP contribution in [0.3, 0.4) is 0 Å². The van der Waals surface area contributed by atoms with Crippen LogP contribution in [-0.4, -0.2) is 10.8 Å². The molecule has 0 aliphatic rings. The summed E-state index contributed by atoms with van der Waals surface area (Å²) in [6.45, 7) is 2.03. The number of Topliss-reactive ketones (excluding diaryl/α,β-unsaturated/α-hetero) is 1. The smallest absolute Gasteiger partial charge is 0.231 e. The van der Waals surface area contributed by atoms with Gasteiger partial charge in [-0.05, 0) is 42.1 Å². The van der Waals surface area contributed by atoms with Crippen LogP contribution < -0.4 is 0 Å². The number of carbonyl (C=O) groups excluding carboxylic acids is 1. The predicted octanol–water partition coefficient (Wildman–Crippen LogP) is 5.62. The molecule has 2 heterocycles. The Balaban J connectivity index is 1.88. The molecule has 0 spiro atoms. The maximum absolute atomic E-state index is 13.1. The first-order valence-electron chi connectivity index (χ1n) is 7.94. The van der Waals surface area contributed by atoms with Gasteiger partial charge >= 0.3 is 0 Å². The molecule has 0 aliphatic heterocycles. The highest BCUT2D eigenvalue weighted by molar-refractivity contribution is 7.11. The maximum atomic E-state index is 13.1. The van der Waals surface area contributed by atoms with E-state index in [9.17, 15) is 4.79 Å². The van der Waals surface area contributed by atoms with E-state index in [0.717, 1.165) is 16.0 Å². The number of oxazole rings is 1. The molecule has 4 aromatic rings. The number of thiophene rings is 1. The van der Waals surface area contributed by atoms with E-state index in [1.165, 1.54) is 0 Å². The number of para-hydroxylation sites is 2. The van der Waals surface area contributed by atoms with E-state index in [2.05, 4.69) is 4.98 Å². The molecule has 0 saturated carbocycles. The Labute approximate surface area is 149 Å². The fraction of sp³-hybridized carbons (Fsp3) is 0.0476. The van der Waals surface area contributed by atoms with Crippen LogP contribution >= 0.6 is 11.3 Å². The zero-order valence-electron chi connectivity index (χ0n) is 13.6. The molecule has 3 nitrogen and oxygen atoms in total. The second kappa shape index (κ2) is 6.49. The van der Waals surface area contributed by atoms with Crippen LogP contribution in [0.2, 0.25) is 0 Å². The van der Waals surface area contributed by atoms with Crippen LogP contribution in [0.15, 0.2) is 70.5 Å². The fourth-order valence-corrected chi connectivity index (χ4v) is 3.48. The molecule has 122 valence electrons. The molecule has 0 fully saturated rings. The Morgan fingerprint density at radius 2 is 1.80 bits per heavy atom. The average Bonchev–Trinajstić information content (AvgIpc) is 3.25. The van der Waals surface area contributed by atoms with Crippen molar-refractivity contribution >= 4 is 39.9 Å². The Morgan fingerprint density at radius 1 is 1.04 bits per heavy atom. The van der Waals surface area contributed by atoms with Gasteiger partial charge in [-0.25, -0.2) is 4.98 Å².